The van der Waals surface area contributed by atoms with E-state index in [0.717, 1.165) is 0 Å². The van der Waals surface area contributed by atoms with E-state index < -0.39 is 12.4 Å². The number of hydrogen-bond donors (Lipinski definition) is 0. The van der Waals surface area contributed by atoms with E-state index in [4.69, 9.17) is 0 Å². The van der Waals surface area contributed by atoms with Gasteiger partial charge in [-0.2, -0.15) is 8.78 Å². The maximum Gasteiger partial charge on any atom is 0.387 e. The number of alkyl halides is 2. The number of aryl methyl sites for hydroxylation is 1. The third-order valence-electron chi connectivity index (χ3n) is 2.05. The summed E-state index contributed by atoms with van der Waals surface area (Å²) in [4.78, 5) is 21.3. The lowest BCUT2D eigenvalue weighted by molar-refractivity contribution is -0.104. The lowest BCUT2D eigenvalue weighted by atomic mass is 10.1. The molecule has 3 nitrogen and oxygen atoms in total. The lowest BCUT2D eigenvalue weighted by Gasteiger charge is -2.09. The normalized spacial score (nSPS) is 10.2. The van der Waals surface area contributed by atoms with Crippen molar-refractivity contribution in [3.05, 3.63) is 29.3 Å². The van der Waals surface area contributed by atoms with Crippen molar-refractivity contribution in [1.29, 1.82) is 0 Å². The minimum Gasteiger partial charge on any atom is -0.435 e. The third-order valence-corrected chi connectivity index (χ3v) is 2.05. The Balaban J connectivity index is 3.06. The molecule has 0 aliphatic rings. The number of rotatable bonds is 5. The smallest absolute Gasteiger partial charge is 0.387 e. The molecule has 16 heavy (non-hydrogen) atoms. The van der Waals surface area contributed by atoms with Crippen LogP contribution in [0.4, 0.5) is 8.78 Å². The number of halogens is 2. The van der Waals surface area contributed by atoms with E-state index in [-0.39, 0.29) is 17.6 Å². The Bertz CT molecular complexity index is 402. The summed E-state index contributed by atoms with van der Waals surface area (Å²) >= 11 is 0. The molecule has 0 N–H and O–H groups in total. The van der Waals surface area contributed by atoms with Crippen LogP contribution in [0.5, 0.6) is 5.75 Å². The third kappa shape index (κ3) is 2.85. The monoisotopic (exact) mass is 228 g/mol. The molecular weight excluding hydrogens is 218 g/mol. The second-order valence-electron chi connectivity index (χ2n) is 3.04. The summed E-state index contributed by atoms with van der Waals surface area (Å²) in [7, 11) is 0. The molecule has 5 heteroatoms. The fraction of sp³-hybridized carbons (Fsp3) is 0.273. The summed E-state index contributed by atoms with van der Waals surface area (Å²) in [5.41, 5.74) is 0.640. The minimum absolute atomic E-state index is 0.0277. The molecule has 0 aliphatic heterocycles. The van der Waals surface area contributed by atoms with Crippen LogP contribution in [-0.4, -0.2) is 18.7 Å². The molecule has 0 unspecified atom stereocenters. The van der Waals surface area contributed by atoms with Gasteiger partial charge in [0, 0.05) is 5.56 Å². The van der Waals surface area contributed by atoms with Crippen LogP contribution in [0.3, 0.4) is 0 Å². The zero-order valence-electron chi connectivity index (χ0n) is 8.57. The zero-order valence-corrected chi connectivity index (χ0v) is 8.57. The van der Waals surface area contributed by atoms with Gasteiger partial charge in [0.25, 0.3) is 0 Å². The summed E-state index contributed by atoms with van der Waals surface area (Å²) in [5, 5.41) is 0. The Labute approximate surface area is 91.0 Å². The summed E-state index contributed by atoms with van der Waals surface area (Å²) < 4.78 is 28.3. The van der Waals surface area contributed by atoms with E-state index in [9.17, 15) is 18.4 Å². The number of carbonyl (C=O) groups is 2. The summed E-state index contributed by atoms with van der Waals surface area (Å²) in [6, 6.07) is 3.93. The average molecular weight is 228 g/mol. The highest BCUT2D eigenvalue weighted by molar-refractivity contribution is 6.33. The van der Waals surface area contributed by atoms with Crippen molar-refractivity contribution in [3.63, 3.8) is 0 Å². The fourth-order valence-electron chi connectivity index (χ4n) is 1.29. The van der Waals surface area contributed by atoms with Gasteiger partial charge in [-0.05, 0) is 30.2 Å². The topological polar surface area (TPSA) is 43.4 Å². The van der Waals surface area contributed by atoms with Crippen LogP contribution in [-0.2, 0) is 11.2 Å². The van der Waals surface area contributed by atoms with Gasteiger partial charge in [0.15, 0.2) is 6.29 Å². The summed E-state index contributed by atoms with van der Waals surface area (Å²) in [6.45, 7) is -1.17. The average Bonchev–Trinajstić information content (AvgIpc) is 2.27. The molecule has 0 fully saturated rings. The van der Waals surface area contributed by atoms with Crippen molar-refractivity contribution in [2.45, 2.75) is 20.0 Å². The fourth-order valence-corrected chi connectivity index (χ4v) is 1.29. The molecule has 0 saturated heterocycles. The number of benzene rings is 1. The van der Waals surface area contributed by atoms with Gasteiger partial charge in [-0.1, -0.05) is 6.92 Å². The molecule has 0 bridgehead atoms. The van der Waals surface area contributed by atoms with Crippen LogP contribution < -0.4 is 4.74 Å². The quantitative estimate of drug-likeness (QED) is 0.441. The van der Waals surface area contributed by atoms with Crippen molar-refractivity contribution in [3.8, 4) is 5.75 Å². The molecule has 0 heterocycles. The second kappa shape index (κ2) is 5.34. The summed E-state index contributed by atoms with van der Waals surface area (Å²) in [6.07, 6.45) is 0.616. The highest BCUT2D eigenvalue weighted by Crippen LogP contribution is 2.22. The highest BCUT2D eigenvalue weighted by atomic mass is 19.3. The zero-order chi connectivity index (χ0) is 12.1. The van der Waals surface area contributed by atoms with Gasteiger partial charge >= 0.3 is 6.61 Å². The number of ether oxygens (including phenoxy) is 1. The van der Waals surface area contributed by atoms with E-state index in [1.165, 1.54) is 18.2 Å². The first kappa shape index (κ1) is 12.3. The Kier molecular flexibility index (Phi) is 4.10. The number of Topliss-reactive ketones (excluding diaryl/α,β-unsaturated/α-hetero) is 1. The molecule has 0 aromatic heterocycles. The van der Waals surface area contributed by atoms with E-state index in [0.29, 0.717) is 12.0 Å². The van der Waals surface area contributed by atoms with Crippen molar-refractivity contribution in [2.75, 3.05) is 0 Å². The largest absolute Gasteiger partial charge is 0.435 e. The van der Waals surface area contributed by atoms with Crippen LogP contribution >= 0.6 is 0 Å². The van der Waals surface area contributed by atoms with Gasteiger partial charge in [0.1, 0.15) is 5.75 Å². The predicted octanol–water partition coefficient (Wildman–Crippen LogP) is 2.23. The maximum atomic E-state index is 12.0. The van der Waals surface area contributed by atoms with Gasteiger partial charge in [-0.15, -0.1) is 0 Å². The lowest BCUT2D eigenvalue weighted by Crippen LogP contribution is -2.06. The SMILES string of the molecule is CCc1cc(C(=O)C=O)ccc1OC(F)F. The van der Waals surface area contributed by atoms with E-state index in [1.54, 1.807) is 6.92 Å². The molecule has 1 aromatic carbocycles. The first-order valence-corrected chi connectivity index (χ1v) is 4.65. The van der Waals surface area contributed by atoms with Gasteiger partial charge in [-0.25, -0.2) is 0 Å². The minimum atomic E-state index is -2.90. The van der Waals surface area contributed by atoms with Gasteiger partial charge < -0.3 is 4.74 Å². The van der Waals surface area contributed by atoms with E-state index >= 15 is 0 Å². The molecular formula is C11H10F2O3. The van der Waals surface area contributed by atoms with Crippen molar-refractivity contribution in [2.24, 2.45) is 0 Å². The highest BCUT2D eigenvalue weighted by Gasteiger charge is 2.11. The molecule has 1 aromatic rings. The Morgan fingerprint density at radius 2 is 2.19 bits per heavy atom. The molecule has 1 rings (SSSR count). The molecule has 86 valence electrons. The number of hydrogen-bond acceptors (Lipinski definition) is 3. The van der Waals surface area contributed by atoms with Crippen molar-refractivity contribution in [1.82, 2.24) is 0 Å². The van der Waals surface area contributed by atoms with Crippen LogP contribution in [0, 0.1) is 0 Å². The molecule has 0 amide bonds. The number of aldehydes is 1. The molecule has 0 aliphatic carbocycles. The molecule has 0 saturated carbocycles. The van der Waals surface area contributed by atoms with Crippen LogP contribution in [0.2, 0.25) is 0 Å². The van der Waals surface area contributed by atoms with Gasteiger partial charge in [0.05, 0.1) is 0 Å². The molecule has 0 atom stereocenters. The van der Waals surface area contributed by atoms with Crippen LogP contribution in [0.15, 0.2) is 18.2 Å². The van der Waals surface area contributed by atoms with Crippen LogP contribution in [0.25, 0.3) is 0 Å². The molecule has 0 radical (unpaired) electrons. The maximum absolute atomic E-state index is 12.0. The Hall–Kier alpha value is -1.78. The standard InChI is InChI=1S/C11H10F2O3/c1-2-7-5-8(9(15)6-14)3-4-10(7)16-11(12)13/h3-6,11H,2H2,1H3. The van der Waals surface area contributed by atoms with Gasteiger partial charge in [-0.3, -0.25) is 9.59 Å². The van der Waals surface area contributed by atoms with E-state index in [2.05, 4.69) is 4.74 Å². The van der Waals surface area contributed by atoms with E-state index in [1.807, 2.05) is 0 Å². The Morgan fingerprint density at radius 1 is 1.50 bits per heavy atom. The second-order valence-corrected chi connectivity index (χ2v) is 3.04. The van der Waals surface area contributed by atoms with Gasteiger partial charge in [0.2, 0.25) is 5.78 Å². The van der Waals surface area contributed by atoms with Crippen molar-refractivity contribution < 1.29 is 23.1 Å². The first-order chi connectivity index (χ1) is 7.58. The first-order valence-electron chi connectivity index (χ1n) is 4.65. The molecule has 0 spiro atoms. The van der Waals surface area contributed by atoms with Crippen molar-refractivity contribution >= 4 is 12.1 Å². The number of carbonyl (C=O) groups excluding carboxylic acids is 2. The summed E-state index contributed by atoms with van der Waals surface area (Å²) in [5.74, 6) is -0.654. The number of ketones is 1. The predicted molar refractivity (Wildman–Crippen MR) is 52.8 cm³/mol. The Morgan fingerprint density at radius 3 is 2.69 bits per heavy atom. The van der Waals surface area contributed by atoms with Crippen LogP contribution in [0.1, 0.15) is 22.8 Å².